The quantitative estimate of drug-likeness (QED) is 0.182. The Bertz CT molecular complexity index is 3140. The molecule has 4 aromatic heterocycles. The second-order valence-corrected chi connectivity index (χ2v) is 13.5. The molecule has 0 bridgehead atoms. The molecule has 4 heterocycles. The molecule has 0 fully saturated rings. The minimum atomic E-state index is 0.632. The van der Waals surface area contributed by atoms with E-state index in [2.05, 4.69) is 196 Å². The van der Waals surface area contributed by atoms with Crippen molar-refractivity contribution < 1.29 is 0 Å². The highest BCUT2D eigenvalue weighted by Gasteiger charge is 2.21. The van der Waals surface area contributed by atoms with Gasteiger partial charge in [0.2, 0.25) is 5.95 Å². The summed E-state index contributed by atoms with van der Waals surface area (Å²) in [7, 11) is 0. The third-order valence-electron chi connectivity index (χ3n) is 10.6. The van der Waals surface area contributed by atoms with Gasteiger partial charge < -0.3 is 9.13 Å². The van der Waals surface area contributed by atoms with Gasteiger partial charge in [-0.15, -0.1) is 0 Å². The molecule has 0 atom stereocenters. The van der Waals surface area contributed by atoms with E-state index in [4.69, 9.17) is 9.97 Å². The fourth-order valence-corrected chi connectivity index (χ4v) is 8.10. The molecule has 0 aliphatic rings. The molecule has 11 aromatic rings. The largest absolute Gasteiger partial charge is 0.316 e. The van der Waals surface area contributed by atoms with E-state index in [1.165, 1.54) is 32.7 Å². The number of hydrogen-bond donors (Lipinski definition) is 0. The van der Waals surface area contributed by atoms with Gasteiger partial charge >= 0.3 is 0 Å². The van der Waals surface area contributed by atoms with Crippen LogP contribution in [0.2, 0.25) is 0 Å². The number of fused-ring (bicyclic) bond motifs is 7. The Labute approximate surface area is 305 Å². The van der Waals surface area contributed by atoms with Gasteiger partial charge in [0.15, 0.2) is 5.65 Å². The van der Waals surface area contributed by atoms with E-state index < -0.39 is 0 Å². The summed E-state index contributed by atoms with van der Waals surface area (Å²) < 4.78 is 6.69. The van der Waals surface area contributed by atoms with Crippen LogP contribution in [0.3, 0.4) is 0 Å². The average molecular weight is 678 g/mol. The van der Waals surface area contributed by atoms with Gasteiger partial charge in [-0.05, 0) is 70.4 Å². The first kappa shape index (κ1) is 29.5. The molecule has 0 N–H and O–H groups in total. The zero-order valence-corrected chi connectivity index (χ0v) is 28.6. The summed E-state index contributed by atoms with van der Waals surface area (Å²) in [4.78, 5) is 10.9. The van der Waals surface area contributed by atoms with Crippen LogP contribution in [-0.4, -0.2) is 23.7 Å². The third-order valence-corrected chi connectivity index (χ3v) is 10.6. The van der Waals surface area contributed by atoms with Crippen molar-refractivity contribution >= 4 is 54.5 Å². The molecule has 0 saturated heterocycles. The van der Waals surface area contributed by atoms with Crippen LogP contribution in [-0.2, 0) is 0 Å². The maximum atomic E-state index is 5.48. The van der Waals surface area contributed by atoms with Crippen LogP contribution >= 0.6 is 0 Å². The molecule has 0 aliphatic carbocycles. The zero-order valence-electron chi connectivity index (χ0n) is 28.6. The molecule has 0 unspecified atom stereocenters. The van der Waals surface area contributed by atoms with Gasteiger partial charge in [0, 0.05) is 50.9 Å². The lowest BCUT2D eigenvalue weighted by Gasteiger charge is -2.13. The number of nitrogens with zero attached hydrogens (tertiary/aromatic N) is 5. The molecular weight excluding hydrogens is 647 g/mol. The van der Waals surface area contributed by atoms with E-state index in [1.54, 1.807) is 0 Å². The Morgan fingerprint density at radius 2 is 1.02 bits per heavy atom. The van der Waals surface area contributed by atoms with Gasteiger partial charge in [-0.1, -0.05) is 127 Å². The van der Waals surface area contributed by atoms with Gasteiger partial charge in [0.05, 0.1) is 22.2 Å². The fraction of sp³-hybridized carbons (Fsp3) is 0. The van der Waals surface area contributed by atoms with E-state index in [0.29, 0.717) is 5.95 Å². The van der Waals surface area contributed by atoms with Crippen LogP contribution in [0.15, 0.2) is 188 Å². The van der Waals surface area contributed by atoms with Crippen LogP contribution in [0.1, 0.15) is 0 Å². The smallest absolute Gasteiger partial charge is 0.237 e. The first-order valence-corrected chi connectivity index (χ1v) is 17.9. The summed E-state index contributed by atoms with van der Waals surface area (Å²) in [6.45, 7) is 0. The second kappa shape index (κ2) is 11.7. The van der Waals surface area contributed by atoms with Gasteiger partial charge in [-0.25, -0.2) is 4.98 Å². The Hall–Kier alpha value is -7.24. The SMILES string of the molecule is c1ccc(-n2ccc3c2ccc2c4ccccc4n(-c4nc(-c5ccc(-c6cccc7ccccc67)cc5)c5ccn(-c6ccccc6)c5n4)c23)cc1. The second-order valence-electron chi connectivity index (χ2n) is 13.5. The highest BCUT2D eigenvalue weighted by Crippen LogP contribution is 2.39. The van der Waals surface area contributed by atoms with Crippen LogP contribution in [0.4, 0.5) is 0 Å². The molecule has 248 valence electrons. The molecule has 5 nitrogen and oxygen atoms in total. The van der Waals surface area contributed by atoms with E-state index in [9.17, 15) is 0 Å². The summed E-state index contributed by atoms with van der Waals surface area (Å²) in [5, 5.41) is 6.95. The molecule has 7 aromatic carbocycles. The Morgan fingerprint density at radius 3 is 1.83 bits per heavy atom. The number of hydrogen-bond acceptors (Lipinski definition) is 2. The van der Waals surface area contributed by atoms with Gasteiger partial charge in [-0.2, -0.15) is 4.98 Å². The maximum absolute atomic E-state index is 5.48. The fourth-order valence-electron chi connectivity index (χ4n) is 8.10. The molecule has 0 radical (unpaired) electrons. The van der Waals surface area contributed by atoms with Crippen molar-refractivity contribution in [3.63, 3.8) is 0 Å². The Balaban J connectivity index is 1.18. The van der Waals surface area contributed by atoms with Crippen molar-refractivity contribution in [2.45, 2.75) is 0 Å². The maximum Gasteiger partial charge on any atom is 0.237 e. The number of para-hydroxylation sites is 3. The molecule has 53 heavy (non-hydrogen) atoms. The van der Waals surface area contributed by atoms with Crippen molar-refractivity contribution in [3.8, 4) is 39.7 Å². The Kier molecular flexibility index (Phi) is 6.48. The Morgan fingerprint density at radius 1 is 0.377 bits per heavy atom. The molecule has 0 saturated carbocycles. The predicted octanol–water partition coefficient (Wildman–Crippen LogP) is 11.9. The monoisotopic (exact) mass is 677 g/mol. The van der Waals surface area contributed by atoms with Crippen molar-refractivity contribution in [1.82, 2.24) is 23.7 Å². The van der Waals surface area contributed by atoms with Crippen molar-refractivity contribution in [2.75, 3.05) is 0 Å². The normalized spacial score (nSPS) is 11.8. The number of rotatable bonds is 5. The lowest BCUT2D eigenvalue weighted by Crippen LogP contribution is -2.05. The third kappa shape index (κ3) is 4.57. The van der Waals surface area contributed by atoms with Crippen LogP contribution < -0.4 is 0 Å². The molecule has 5 heteroatoms. The summed E-state index contributed by atoms with van der Waals surface area (Å²) >= 11 is 0. The summed E-state index contributed by atoms with van der Waals surface area (Å²) in [6, 6.07) is 62.3. The minimum absolute atomic E-state index is 0.632. The standard InChI is InChI=1S/C48H31N5/c1-3-14-35(15-4-1)51-30-28-41-43(51)27-26-40-39-19-9-10-21-44(39)53(46(40)41)48-49-45(42-29-31-52(47(42)50-48)36-16-5-2-6-17-36)34-24-22-33(23-25-34)38-20-11-13-32-12-7-8-18-37(32)38/h1-31H. The van der Waals surface area contributed by atoms with Crippen LogP contribution in [0, 0.1) is 0 Å². The topological polar surface area (TPSA) is 40.6 Å². The molecule has 0 spiro atoms. The highest BCUT2D eigenvalue weighted by atomic mass is 15.2. The van der Waals surface area contributed by atoms with Crippen molar-refractivity contribution in [1.29, 1.82) is 0 Å². The van der Waals surface area contributed by atoms with E-state index in [0.717, 1.165) is 55.6 Å². The van der Waals surface area contributed by atoms with E-state index >= 15 is 0 Å². The lowest BCUT2D eigenvalue weighted by molar-refractivity contribution is 0.990. The van der Waals surface area contributed by atoms with Gasteiger partial charge in [-0.3, -0.25) is 4.57 Å². The first-order valence-electron chi connectivity index (χ1n) is 17.9. The minimum Gasteiger partial charge on any atom is -0.316 e. The van der Waals surface area contributed by atoms with Crippen LogP contribution in [0.5, 0.6) is 0 Å². The van der Waals surface area contributed by atoms with Crippen LogP contribution in [0.25, 0.3) is 94.2 Å². The first-order chi connectivity index (χ1) is 26.3. The van der Waals surface area contributed by atoms with Crippen molar-refractivity contribution in [3.05, 3.63) is 188 Å². The number of benzene rings is 7. The van der Waals surface area contributed by atoms with E-state index in [1.807, 2.05) is 6.07 Å². The van der Waals surface area contributed by atoms with Gasteiger partial charge in [0.1, 0.15) is 0 Å². The summed E-state index contributed by atoms with van der Waals surface area (Å²) in [6.07, 6.45) is 4.27. The molecule has 0 aliphatic heterocycles. The average Bonchev–Trinajstić information content (AvgIpc) is 3.95. The highest BCUT2D eigenvalue weighted by molar-refractivity contribution is 6.18. The van der Waals surface area contributed by atoms with E-state index in [-0.39, 0.29) is 0 Å². The predicted molar refractivity (Wildman–Crippen MR) is 218 cm³/mol. The number of aromatic nitrogens is 5. The molecule has 0 amide bonds. The summed E-state index contributed by atoms with van der Waals surface area (Å²) in [5.74, 6) is 0.632. The van der Waals surface area contributed by atoms with Gasteiger partial charge in [0.25, 0.3) is 0 Å². The lowest BCUT2D eigenvalue weighted by atomic mass is 9.97. The zero-order chi connectivity index (χ0) is 34.9. The van der Waals surface area contributed by atoms with Crippen molar-refractivity contribution in [2.24, 2.45) is 0 Å². The molecule has 11 rings (SSSR count). The summed E-state index contributed by atoms with van der Waals surface area (Å²) in [5.41, 5.74) is 10.6. The molecular formula is C48H31N5.